The van der Waals surface area contributed by atoms with Crippen molar-refractivity contribution in [3.63, 3.8) is 0 Å². The maximum atomic E-state index is 13.8. The number of hydrogen-bond donors (Lipinski definition) is 1. The molecule has 0 saturated carbocycles. The Hall–Kier alpha value is -3.65. The highest BCUT2D eigenvalue weighted by Gasteiger charge is 2.29. The van der Waals surface area contributed by atoms with Crippen molar-refractivity contribution < 1.29 is 19.5 Å². The Morgan fingerprint density at radius 2 is 1.69 bits per heavy atom. The molecule has 0 atom stereocenters. The largest absolute Gasteiger partial charge is 0.478 e. The molecule has 1 aliphatic heterocycles. The Labute approximate surface area is 234 Å². The minimum Gasteiger partial charge on any atom is -0.478 e. The summed E-state index contributed by atoms with van der Waals surface area (Å²) in [4.78, 5) is 42.7. The van der Waals surface area contributed by atoms with E-state index in [-0.39, 0.29) is 33.7 Å². The summed E-state index contributed by atoms with van der Waals surface area (Å²) in [6.07, 6.45) is 4.38. The number of aromatic nitrogens is 2. The highest BCUT2D eigenvalue weighted by Crippen LogP contribution is 2.29. The van der Waals surface area contributed by atoms with E-state index in [1.807, 2.05) is 18.2 Å². The number of carbonyl (C=O) groups is 3. The number of carbonyl (C=O) groups excluding carboxylic acids is 2. The molecule has 8 nitrogen and oxygen atoms in total. The van der Waals surface area contributed by atoms with Gasteiger partial charge in [-0.15, -0.1) is 0 Å². The highest BCUT2D eigenvalue weighted by atomic mass is 35.5. The molecule has 0 aliphatic carbocycles. The third kappa shape index (κ3) is 6.01. The summed E-state index contributed by atoms with van der Waals surface area (Å²) in [5.74, 6) is -1.67. The Balaban J connectivity index is 1.74. The van der Waals surface area contributed by atoms with E-state index in [2.05, 4.69) is 25.0 Å². The van der Waals surface area contributed by atoms with E-state index in [0.717, 1.165) is 31.2 Å². The molecule has 2 heterocycles. The van der Waals surface area contributed by atoms with Crippen LogP contribution in [0.5, 0.6) is 0 Å². The second kappa shape index (κ2) is 12.5. The minimum absolute atomic E-state index is 0.00276. The predicted molar refractivity (Wildman–Crippen MR) is 151 cm³/mol. The summed E-state index contributed by atoms with van der Waals surface area (Å²) >= 11 is 6.67. The minimum atomic E-state index is -1.13. The summed E-state index contributed by atoms with van der Waals surface area (Å²) in [5, 5.41) is 14.5. The Morgan fingerprint density at radius 3 is 2.33 bits per heavy atom. The molecule has 0 saturated heterocycles. The van der Waals surface area contributed by atoms with Crippen molar-refractivity contribution in [3.05, 3.63) is 81.1 Å². The van der Waals surface area contributed by atoms with Crippen molar-refractivity contribution in [1.29, 1.82) is 0 Å². The summed E-state index contributed by atoms with van der Waals surface area (Å²) in [7, 11) is 0. The van der Waals surface area contributed by atoms with Gasteiger partial charge in [0.05, 0.1) is 27.5 Å². The number of aromatic carboxylic acids is 1. The van der Waals surface area contributed by atoms with E-state index < -0.39 is 5.97 Å². The molecule has 39 heavy (non-hydrogen) atoms. The van der Waals surface area contributed by atoms with Crippen LogP contribution in [0.25, 0.3) is 5.69 Å². The normalized spacial score (nSPS) is 12.8. The van der Waals surface area contributed by atoms with Crippen LogP contribution in [0.15, 0.2) is 42.5 Å². The van der Waals surface area contributed by atoms with Gasteiger partial charge in [-0.05, 0) is 55.5 Å². The van der Waals surface area contributed by atoms with Crippen LogP contribution in [-0.4, -0.2) is 62.1 Å². The lowest BCUT2D eigenvalue weighted by atomic mass is 9.98. The summed E-state index contributed by atoms with van der Waals surface area (Å²) in [5.41, 5.74) is 3.49. The van der Waals surface area contributed by atoms with Crippen molar-refractivity contribution >= 4 is 29.4 Å². The molecule has 1 aliphatic rings. The molecule has 206 valence electrons. The van der Waals surface area contributed by atoms with Crippen molar-refractivity contribution in [2.75, 3.05) is 19.6 Å². The molecular weight excluding hydrogens is 516 g/mol. The zero-order valence-electron chi connectivity index (χ0n) is 22.7. The Kier molecular flexibility index (Phi) is 9.07. The average Bonchev–Trinajstić information content (AvgIpc) is 3.25. The molecule has 0 radical (unpaired) electrons. The fraction of sp³-hybridized carbons (Fsp3) is 0.400. The fourth-order valence-electron chi connectivity index (χ4n) is 4.88. The van der Waals surface area contributed by atoms with Gasteiger partial charge >= 0.3 is 5.97 Å². The smallest absolute Gasteiger partial charge is 0.335 e. The van der Waals surface area contributed by atoms with Crippen molar-refractivity contribution in [2.24, 2.45) is 0 Å². The van der Waals surface area contributed by atoms with Gasteiger partial charge in [0.25, 0.3) is 11.8 Å². The molecule has 2 aromatic carbocycles. The summed E-state index contributed by atoms with van der Waals surface area (Å²) < 4.78 is 1.49. The SMILES string of the molecule is CCCCN(CCCC)C(=O)c1nn(-c2ccc(C(=O)O)cc2C(=O)N2CCc3ccccc3C2)c(C)c1Cl. The fourth-order valence-corrected chi connectivity index (χ4v) is 5.08. The number of nitrogens with zero attached hydrogens (tertiary/aromatic N) is 4. The molecule has 0 unspecified atom stereocenters. The number of fused-ring (bicyclic) bond motifs is 1. The lowest BCUT2D eigenvalue weighted by molar-refractivity contribution is 0.0695. The van der Waals surface area contributed by atoms with Gasteiger partial charge in [-0.3, -0.25) is 9.59 Å². The first-order valence-electron chi connectivity index (χ1n) is 13.5. The first kappa shape index (κ1) is 28.4. The van der Waals surface area contributed by atoms with Crippen LogP contribution < -0.4 is 0 Å². The van der Waals surface area contributed by atoms with Crippen molar-refractivity contribution in [1.82, 2.24) is 19.6 Å². The molecular formula is C30H35ClN4O4. The van der Waals surface area contributed by atoms with Gasteiger partial charge in [-0.1, -0.05) is 62.6 Å². The number of carboxylic acids is 1. The van der Waals surface area contributed by atoms with Gasteiger partial charge in [-0.2, -0.15) is 5.10 Å². The van der Waals surface area contributed by atoms with Crippen LogP contribution in [0.2, 0.25) is 5.02 Å². The molecule has 3 aromatic rings. The Morgan fingerprint density at radius 1 is 1.03 bits per heavy atom. The van der Waals surface area contributed by atoms with E-state index in [1.165, 1.54) is 22.4 Å². The standard InChI is InChI=1S/C30H35ClN4O4/c1-4-6-15-33(16-7-5-2)29(37)27-26(31)20(3)35(32-27)25-13-12-22(30(38)39)18-24(25)28(36)34-17-14-21-10-8-9-11-23(21)19-34/h8-13,18H,4-7,14-17,19H2,1-3H3,(H,38,39). The predicted octanol–water partition coefficient (Wildman–Crippen LogP) is 5.77. The number of unbranched alkanes of at least 4 members (excludes halogenated alkanes) is 2. The lowest BCUT2D eigenvalue weighted by Gasteiger charge is -2.29. The summed E-state index contributed by atoms with van der Waals surface area (Å²) in [6.45, 7) is 8.07. The van der Waals surface area contributed by atoms with Gasteiger partial charge in [0, 0.05) is 26.2 Å². The van der Waals surface area contributed by atoms with Crippen molar-refractivity contribution in [2.45, 2.75) is 59.4 Å². The van der Waals surface area contributed by atoms with Gasteiger partial charge in [0.1, 0.15) is 0 Å². The first-order chi connectivity index (χ1) is 18.8. The second-order valence-electron chi connectivity index (χ2n) is 9.94. The lowest BCUT2D eigenvalue weighted by Crippen LogP contribution is -2.36. The monoisotopic (exact) mass is 550 g/mol. The number of halogens is 1. The zero-order chi connectivity index (χ0) is 28.1. The molecule has 0 spiro atoms. The number of rotatable bonds is 10. The third-order valence-corrected chi connectivity index (χ3v) is 7.67. The quantitative estimate of drug-likeness (QED) is 0.345. The number of benzene rings is 2. The van der Waals surface area contributed by atoms with Gasteiger partial charge in [-0.25, -0.2) is 9.48 Å². The van der Waals surface area contributed by atoms with E-state index in [0.29, 0.717) is 44.0 Å². The number of carboxylic acid groups (broad SMARTS) is 1. The molecule has 9 heteroatoms. The second-order valence-corrected chi connectivity index (χ2v) is 10.3. The van der Waals surface area contributed by atoms with Crippen LogP contribution in [0.3, 0.4) is 0 Å². The maximum absolute atomic E-state index is 13.8. The van der Waals surface area contributed by atoms with E-state index >= 15 is 0 Å². The van der Waals surface area contributed by atoms with E-state index in [9.17, 15) is 19.5 Å². The van der Waals surface area contributed by atoms with Crippen LogP contribution in [0.1, 0.15) is 87.6 Å². The van der Waals surface area contributed by atoms with Gasteiger partial charge in [0.15, 0.2) is 5.69 Å². The van der Waals surface area contributed by atoms with Gasteiger partial charge < -0.3 is 14.9 Å². The zero-order valence-corrected chi connectivity index (χ0v) is 23.5. The Bertz CT molecular complexity index is 1380. The van der Waals surface area contributed by atoms with Crippen LogP contribution >= 0.6 is 11.6 Å². The molecule has 0 bridgehead atoms. The first-order valence-corrected chi connectivity index (χ1v) is 13.9. The van der Waals surface area contributed by atoms with Crippen LogP contribution in [-0.2, 0) is 13.0 Å². The van der Waals surface area contributed by atoms with Crippen LogP contribution in [0, 0.1) is 6.92 Å². The summed E-state index contributed by atoms with van der Waals surface area (Å²) in [6, 6.07) is 12.4. The van der Waals surface area contributed by atoms with Gasteiger partial charge in [0.2, 0.25) is 0 Å². The maximum Gasteiger partial charge on any atom is 0.335 e. The molecule has 0 fully saturated rings. The molecule has 4 rings (SSSR count). The van der Waals surface area contributed by atoms with Crippen molar-refractivity contribution in [3.8, 4) is 5.69 Å². The number of amides is 2. The average molecular weight is 551 g/mol. The third-order valence-electron chi connectivity index (χ3n) is 7.22. The topological polar surface area (TPSA) is 95.7 Å². The molecule has 2 amide bonds. The molecule has 1 N–H and O–H groups in total. The molecule has 1 aromatic heterocycles. The highest BCUT2D eigenvalue weighted by molar-refractivity contribution is 6.34. The van der Waals surface area contributed by atoms with Crippen LogP contribution in [0.4, 0.5) is 0 Å². The van der Waals surface area contributed by atoms with E-state index in [1.54, 1.807) is 22.8 Å². The van der Waals surface area contributed by atoms with E-state index in [4.69, 9.17) is 11.6 Å². The number of hydrogen-bond acceptors (Lipinski definition) is 4.